The minimum absolute atomic E-state index is 0. The highest BCUT2D eigenvalue weighted by Crippen LogP contribution is 2.24. The van der Waals surface area contributed by atoms with Crippen molar-refractivity contribution in [3.63, 3.8) is 0 Å². The number of hydrogen-bond acceptors (Lipinski definition) is 5. The van der Waals surface area contributed by atoms with E-state index >= 15 is 0 Å². The molecule has 0 saturated carbocycles. The van der Waals surface area contributed by atoms with Gasteiger partial charge in [0.1, 0.15) is 11.3 Å². The molecule has 1 aromatic heterocycles. The van der Waals surface area contributed by atoms with E-state index in [1.807, 2.05) is 31.2 Å². The molecule has 0 radical (unpaired) electrons. The van der Waals surface area contributed by atoms with E-state index in [1.54, 1.807) is 7.05 Å². The van der Waals surface area contributed by atoms with Gasteiger partial charge in [0.15, 0.2) is 5.96 Å². The highest BCUT2D eigenvalue weighted by molar-refractivity contribution is 14.0. The van der Waals surface area contributed by atoms with Gasteiger partial charge in [0.25, 0.3) is 0 Å². The van der Waals surface area contributed by atoms with Crippen molar-refractivity contribution in [3.05, 3.63) is 35.6 Å². The van der Waals surface area contributed by atoms with E-state index in [-0.39, 0.29) is 36.3 Å². The molecule has 0 spiro atoms. The van der Waals surface area contributed by atoms with Gasteiger partial charge in [-0.25, -0.2) is 8.42 Å². The first-order valence-electron chi connectivity index (χ1n) is 8.98. The summed E-state index contributed by atoms with van der Waals surface area (Å²) in [6.45, 7) is 4.50. The molecule has 156 valence electrons. The van der Waals surface area contributed by atoms with Crippen LogP contribution in [-0.4, -0.2) is 64.3 Å². The third kappa shape index (κ3) is 5.58. The first kappa shape index (κ1) is 22.9. The minimum atomic E-state index is -3.29. The third-order valence-corrected chi connectivity index (χ3v) is 6.47. The number of benzene rings is 1. The molecule has 1 fully saturated rings. The Bertz CT molecular complexity index is 907. The van der Waals surface area contributed by atoms with Crippen molar-refractivity contribution >= 4 is 50.9 Å². The smallest absolute Gasteiger partial charge is 0.215 e. The molecule has 2 N–H and O–H groups in total. The molecule has 1 aliphatic heterocycles. The molecule has 2 heterocycles. The van der Waals surface area contributed by atoms with E-state index in [0.717, 1.165) is 22.3 Å². The van der Waals surface area contributed by atoms with Gasteiger partial charge in [-0.15, -0.1) is 24.0 Å². The predicted molar refractivity (Wildman–Crippen MR) is 121 cm³/mol. The maximum atomic E-state index is 12.3. The van der Waals surface area contributed by atoms with Gasteiger partial charge in [0.2, 0.25) is 10.0 Å². The minimum Gasteiger partial charge on any atom is -0.459 e. The van der Waals surface area contributed by atoms with Crippen LogP contribution in [0.2, 0.25) is 0 Å². The lowest BCUT2D eigenvalue weighted by molar-refractivity contribution is 0.0730. The van der Waals surface area contributed by atoms with E-state index < -0.39 is 10.0 Å². The van der Waals surface area contributed by atoms with E-state index in [0.29, 0.717) is 38.8 Å². The predicted octanol–water partition coefficient (Wildman–Crippen LogP) is 1.69. The molecule has 3 rings (SSSR count). The summed E-state index contributed by atoms with van der Waals surface area (Å²) in [5, 5.41) is 7.31. The first-order chi connectivity index (χ1) is 13.0. The zero-order valence-corrected chi connectivity index (χ0v) is 19.2. The summed E-state index contributed by atoms with van der Waals surface area (Å²) < 4.78 is 37.2. The van der Waals surface area contributed by atoms with Gasteiger partial charge < -0.3 is 19.8 Å². The largest absolute Gasteiger partial charge is 0.459 e. The molecule has 2 aromatic rings. The second kappa shape index (κ2) is 10.4. The summed E-state index contributed by atoms with van der Waals surface area (Å²) in [5.41, 5.74) is 1.94. The fourth-order valence-corrected chi connectivity index (χ4v) is 4.35. The average Bonchev–Trinajstić information content (AvgIpc) is 3.01. The van der Waals surface area contributed by atoms with Crippen molar-refractivity contribution in [2.45, 2.75) is 13.5 Å². The Balaban J connectivity index is 0.00000280. The van der Waals surface area contributed by atoms with Crippen LogP contribution in [0.15, 0.2) is 33.7 Å². The molecule has 28 heavy (non-hydrogen) atoms. The number of furan rings is 1. The quantitative estimate of drug-likeness (QED) is 0.341. The molecule has 1 saturated heterocycles. The van der Waals surface area contributed by atoms with Crippen molar-refractivity contribution in [1.82, 2.24) is 14.9 Å². The third-order valence-electron chi connectivity index (χ3n) is 4.60. The van der Waals surface area contributed by atoms with Crippen molar-refractivity contribution in [3.8, 4) is 0 Å². The normalized spacial score (nSPS) is 16.0. The number of halogens is 1. The van der Waals surface area contributed by atoms with Crippen LogP contribution < -0.4 is 10.6 Å². The molecular weight excluding hydrogens is 495 g/mol. The van der Waals surface area contributed by atoms with Gasteiger partial charge in [-0.2, -0.15) is 4.31 Å². The van der Waals surface area contributed by atoms with E-state index in [1.165, 1.54) is 4.31 Å². The Hall–Kier alpha value is -1.37. The second-order valence-corrected chi connectivity index (χ2v) is 8.41. The molecule has 8 nitrogen and oxygen atoms in total. The molecule has 0 unspecified atom stereocenters. The summed E-state index contributed by atoms with van der Waals surface area (Å²) in [5.74, 6) is 1.38. The monoisotopic (exact) mass is 522 g/mol. The Labute approximate surface area is 182 Å². The zero-order valence-electron chi connectivity index (χ0n) is 16.1. The highest BCUT2D eigenvalue weighted by Gasteiger charge is 2.23. The van der Waals surface area contributed by atoms with Gasteiger partial charge in [0.05, 0.1) is 25.5 Å². The Morgan fingerprint density at radius 1 is 1.21 bits per heavy atom. The number of guanidine groups is 1. The fourth-order valence-electron chi connectivity index (χ4n) is 3.03. The standard InChI is InChI=1S/C18H26N4O4S.HI/c1-14-15-5-3-4-6-16(15)26-17(14)13-21-18(19-2)20-7-12-27(23,24)22-8-10-25-11-9-22;/h3-6H,7-13H2,1-2H3,(H2,19,20,21);1H. The van der Waals surface area contributed by atoms with Crippen LogP contribution in [-0.2, 0) is 21.3 Å². The van der Waals surface area contributed by atoms with Crippen LogP contribution in [0.3, 0.4) is 0 Å². The molecule has 0 amide bonds. The Kier molecular flexibility index (Phi) is 8.53. The number of para-hydroxylation sites is 1. The maximum absolute atomic E-state index is 12.3. The summed E-state index contributed by atoms with van der Waals surface area (Å²) in [7, 11) is -1.64. The zero-order chi connectivity index (χ0) is 19.3. The van der Waals surface area contributed by atoms with Crippen LogP contribution in [0.4, 0.5) is 0 Å². The maximum Gasteiger partial charge on any atom is 0.215 e. The van der Waals surface area contributed by atoms with Crippen LogP contribution in [0.5, 0.6) is 0 Å². The van der Waals surface area contributed by atoms with Gasteiger partial charge in [-0.1, -0.05) is 18.2 Å². The van der Waals surface area contributed by atoms with Crippen LogP contribution in [0, 0.1) is 6.92 Å². The van der Waals surface area contributed by atoms with Crippen molar-refractivity contribution in [2.24, 2.45) is 4.99 Å². The number of nitrogens with one attached hydrogen (secondary N) is 2. The number of aryl methyl sites for hydroxylation is 1. The SMILES string of the molecule is CN=C(NCCS(=O)(=O)N1CCOCC1)NCc1oc2ccccc2c1C.I. The summed E-state index contributed by atoms with van der Waals surface area (Å²) in [4.78, 5) is 4.14. The van der Waals surface area contributed by atoms with E-state index in [2.05, 4.69) is 15.6 Å². The van der Waals surface area contributed by atoms with Crippen molar-refractivity contribution in [2.75, 3.05) is 45.6 Å². The Morgan fingerprint density at radius 3 is 2.61 bits per heavy atom. The number of morpholine rings is 1. The molecule has 0 aliphatic carbocycles. The topological polar surface area (TPSA) is 96.2 Å². The molecule has 0 atom stereocenters. The van der Waals surface area contributed by atoms with Crippen LogP contribution in [0.25, 0.3) is 11.0 Å². The summed E-state index contributed by atoms with van der Waals surface area (Å²) >= 11 is 0. The number of fused-ring (bicyclic) bond motifs is 1. The summed E-state index contributed by atoms with van der Waals surface area (Å²) in [6.07, 6.45) is 0. The molecular formula is C18H27IN4O4S. The summed E-state index contributed by atoms with van der Waals surface area (Å²) in [6, 6.07) is 7.89. The van der Waals surface area contributed by atoms with E-state index in [4.69, 9.17) is 9.15 Å². The lowest BCUT2D eigenvalue weighted by atomic mass is 10.1. The van der Waals surface area contributed by atoms with Crippen molar-refractivity contribution < 1.29 is 17.6 Å². The number of sulfonamides is 1. The number of nitrogens with zero attached hydrogens (tertiary/aromatic N) is 2. The van der Waals surface area contributed by atoms with Crippen LogP contribution >= 0.6 is 24.0 Å². The molecule has 0 bridgehead atoms. The average molecular weight is 522 g/mol. The number of rotatable bonds is 6. The Morgan fingerprint density at radius 2 is 1.93 bits per heavy atom. The lowest BCUT2D eigenvalue weighted by Gasteiger charge is -2.26. The molecule has 1 aliphatic rings. The number of aliphatic imine (C=N–C) groups is 1. The van der Waals surface area contributed by atoms with Crippen molar-refractivity contribution in [1.29, 1.82) is 0 Å². The number of ether oxygens (including phenoxy) is 1. The van der Waals surface area contributed by atoms with Gasteiger partial charge in [-0.3, -0.25) is 4.99 Å². The van der Waals surface area contributed by atoms with Gasteiger partial charge in [-0.05, 0) is 13.0 Å². The first-order valence-corrected chi connectivity index (χ1v) is 10.6. The van der Waals surface area contributed by atoms with E-state index in [9.17, 15) is 8.42 Å². The number of hydrogen-bond donors (Lipinski definition) is 2. The fraction of sp³-hybridized carbons (Fsp3) is 0.500. The van der Waals surface area contributed by atoms with Gasteiger partial charge in [0, 0.05) is 37.6 Å². The van der Waals surface area contributed by atoms with Gasteiger partial charge >= 0.3 is 0 Å². The second-order valence-electron chi connectivity index (χ2n) is 6.33. The highest BCUT2D eigenvalue weighted by atomic mass is 127. The molecule has 10 heteroatoms. The van der Waals surface area contributed by atoms with Crippen LogP contribution in [0.1, 0.15) is 11.3 Å². The molecule has 1 aromatic carbocycles. The lowest BCUT2D eigenvalue weighted by Crippen LogP contribution is -2.45.